The van der Waals surface area contributed by atoms with Gasteiger partial charge < -0.3 is 15.4 Å². The highest BCUT2D eigenvalue weighted by Gasteiger charge is 2.28. The fourth-order valence-corrected chi connectivity index (χ4v) is 3.03. The third kappa shape index (κ3) is 3.52. The number of anilines is 1. The molecule has 1 aliphatic rings. The molecule has 8 heteroatoms. The Kier molecular flexibility index (Phi) is 4.67. The van der Waals surface area contributed by atoms with E-state index in [2.05, 4.69) is 25.6 Å². The lowest BCUT2D eigenvalue weighted by molar-refractivity contribution is -0.117. The standard InChI is InChI=1S/C20H17N5O3/c1-28-14-6-7-16-15(9-14)19(26)25-17(20(27)24-16)8-12-2-4-13(5-3-12)18-22-10-21-11-23-18/h2-7,9-11,17H,8H2,1H3,(H,24,27)(H,25,26). The molecule has 0 aliphatic carbocycles. The molecule has 2 amide bonds. The summed E-state index contributed by atoms with van der Waals surface area (Å²) in [6.07, 6.45) is 3.24. The van der Waals surface area contributed by atoms with Crippen molar-refractivity contribution in [3.63, 3.8) is 0 Å². The molecule has 0 saturated carbocycles. The molecule has 0 saturated heterocycles. The lowest BCUT2D eigenvalue weighted by Crippen LogP contribution is -2.42. The molecule has 0 fully saturated rings. The van der Waals surface area contributed by atoms with Gasteiger partial charge in [0, 0.05) is 12.0 Å². The Labute approximate surface area is 161 Å². The number of nitrogens with zero attached hydrogens (tertiary/aromatic N) is 3. The Morgan fingerprint density at radius 3 is 2.50 bits per heavy atom. The minimum Gasteiger partial charge on any atom is -0.497 e. The van der Waals surface area contributed by atoms with E-state index in [0.29, 0.717) is 29.2 Å². The summed E-state index contributed by atoms with van der Waals surface area (Å²) in [4.78, 5) is 37.2. The highest BCUT2D eigenvalue weighted by atomic mass is 16.5. The number of hydrogen-bond donors (Lipinski definition) is 2. The second-order valence-electron chi connectivity index (χ2n) is 6.29. The first-order valence-corrected chi connectivity index (χ1v) is 8.65. The van der Waals surface area contributed by atoms with Crippen molar-refractivity contribution in [3.8, 4) is 17.1 Å². The third-order valence-electron chi connectivity index (χ3n) is 4.50. The Hall–Kier alpha value is -3.81. The zero-order chi connectivity index (χ0) is 19.5. The molecule has 2 N–H and O–H groups in total. The number of fused-ring (bicyclic) bond motifs is 1. The third-order valence-corrected chi connectivity index (χ3v) is 4.50. The van der Waals surface area contributed by atoms with Crippen molar-refractivity contribution in [2.75, 3.05) is 12.4 Å². The second kappa shape index (κ2) is 7.43. The molecule has 0 spiro atoms. The van der Waals surface area contributed by atoms with Crippen molar-refractivity contribution in [1.82, 2.24) is 20.3 Å². The van der Waals surface area contributed by atoms with Crippen LogP contribution in [0.2, 0.25) is 0 Å². The monoisotopic (exact) mass is 375 g/mol. The Balaban J connectivity index is 1.52. The number of nitrogens with one attached hydrogen (secondary N) is 2. The molecule has 1 aromatic heterocycles. The van der Waals surface area contributed by atoms with Crippen LogP contribution in [0.1, 0.15) is 15.9 Å². The van der Waals surface area contributed by atoms with Gasteiger partial charge >= 0.3 is 0 Å². The van der Waals surface area contributed by atoms with Crippen molar-refractivity contribution < 1.29 is 14.3 Å². The van der Waals surface area contributed by atoms with Gasteiger partial charge in [0.1, 0.15) is 24.4 Å². The SMILES string of the molecule is COc1ccc2c(c1)C(=O)NC(Cc1ccc(-c3ncncn3)cc1)C(=O)N2. The summed E-state index contributed by atoms with van der Waals surface area (Å²) in [7, 11) is 1.53. The number of aromatic nitrogens is 3. The van der Waals surface area contributed by atoms with Crippen LogP contribution in [-0.4, -0.2) is 39.9 Å². The zero-order valence-electron chi connectivity index (χ0n) is 15.0. The molecule has 1 atom stereocenters. The van der Waals surface area contributed by atoms with E-state index in [1.807, 2.05) is 24.3 Å². The van der Waals surface area contributed by atoms with Gasteiger partial charge in [0.15, 0.2) is 5.82 Å². The number of ether oxygens (including phenoxy) is 1. The number of benzene rings is 2. The van der Waals surface area contributed by atoms with Crippen molar-refractivity contribution >= 4 is 17.5 Å². The van der Waals surface area contributed by atoms with Crippen molar-refractivity contribution in [2.45, 2.75) is 12.5 Å². The zero-order valence-corrected chi connectivity index (χ0v) is 15.0. The maximum absolute atomic E-state index is 12.6. The first kappa shape index (κ1) is 17.6. The fraction of sp³-hybridized carbons (Fsp3) is 0.150. The second-order valence-corrected chi connectivity index (χ2v) is 6.29. The molecule has 0 bridgehead atoms. The molecule has 8 nitrogen and oxygen atoms in total. The van der Waals surface area contributed by atoms with Crippen LogP contribution in [0, 0.1) is 0 Å². The first-order chi connectivity index (χ1) is 13.6. The van der Waals surface area contributed by atoms with Crippen LogP contribution < -0.4 is 15.4 Å². The van der Waals surface area contributed by atoms with Gasteiger partial charge in [-0.2, -0.15) is 0 Å². The summed E-state index contributed by atoms with van der Waals surface area (Å²) in [5.74, 6) is 0.542. The van der Waals surface area contributed by atoms with E-state index in [0.717, 1.165) is 11.1 Å². The van der Waals surface area contributed by atoms with E-state index in [1.54, 1.807) is 18.2 Å². The average Bonchev–Trinajstić information content (AvgIpc) is 2.85. The summed E-state index contributed by atoms with van der Waals surface area (Å²) in [6, 6.07) is 11.8. The lowest BCUT2D eigenvalue weighted by Gasteiger charge is -2.14. The quantitative estimate of drug-likeness (QED) is 0.721. The molecule has 28 heavy (non-hydrogen) atoms. The minimum absolute atomic E-state index is 0.265. The van der Waals surface area contributed by atoms with E-state index < -0.39 is 6.04 Å². The molecule has 2 heterocycles. The van der Waals surface area contributed by atoms with Gasteiger partial charge in [0.05, 0.1) is 18.4 Å². The van der Waals surface area contributed by atoms with Crippen molar-refractivity contribution in [3.05, 3.63) is 66.2 Å². The number of amides is 2. The van der Waals surface area contributed by atoms with Crippen LogP contribution in [0.25, 0.3) is 11.4 Å². The maximum atomic E-state index is 12.6. The van der Waals surface area contributed by atoms with Crippen LogP contribution in [0.4, 0.5) is 5.69 Å². The van der Waals surface area contributed by atoms with Crippen LogP contribution in [0.5, 0.6) is 5.75 Å². The topological polar surface area (TPSA) is 106 Å². The summed E-state index contributed by atoms with van der Waals surface area (Å²) in [5, 5.41) is 5.60. The Bertz CT molecular complexity index is 1020. The molecule has 4 rings (SSSR count). The summed E-state index contributed by atoms with van der Waals surface area (Å²) in [6.45, 7) is 0. The van der Waals surface area contributed by atoms with E-state index >= 15 is 0 Å². The molecule has 0 radical (unpaired) electrons. The molecular weight excluding hydrogens is 358 g/mol. The highest BCUT2D eigenvalue weighted by Crippen LogP contribution is 2.25. The lowest BCUT2D eigenvalue weighted by atomic mass is 10.0. The van der Waals surface area contributed by atoms with Crippen LogP contribution in [-0.2, 0) is 11.2 Å². The van der Waals surface area contributed by atoms with Gasteiger partial charge in [-0.15, -0.1) is 0 Å². The van der Waals surface area contributed by atoms with Crippen molar-refractivity contribution in [1.29, 1.82) is 0 Å². The summed E-state index contributed by atoms with van der Waals surface area (Å²) < 4.78 is 5.16. The number of hydrogen-bond acceptors (Lipinski definition) is 6. The minimum atomic E-state index is -0.686. The van der Waals surface area contributed by atoms with Crippen LogP contribution in [0.3, 0.4) is 0 Å². The van der Waals surface area contributed by atoms with Crippen LogP contribution in [0.15, 0.2) is 55.1 Å². The Morgan fingerprint density at radius 2 is 1.79 bits per heavy atom. The van der Waals surface area contributed by atoms with Gasteiger partial charge in [0.2, 0.25) is 5.91 Å². The molecular formula is C20H17N5O3. The predicted octanol–water partition coefficient (Wildman–Crippen LogP) is 1.84. The summed E-state index contributed by atoms with van der Waals surface area (Å²) >= 11 is 0. The van der Waals surface area contributed by atoms with Gasteiger partial charge in [-0.3, -0.25) is 9.59 Å². The average molecular weight is 375 g/mol. The molecule has 2 aromatic carbocycles. The number of rotatable bonds is 4. The van der Waals surface area contributed by atoms with E-state index in [9.17, 15) is 9.59 Å². The maximum Gasteiger partial charge on any atom is 0.254 e. The highest BCUT2D eigenvalue weighted by molar-refractivity contribution is 6.10. The van der Waals surface area contributed by atoms with E-state index in [-0.39, 0.29) is 11.8 Å². The van der Waals surface area contributed by atoms with Crippen LogP contribution >= 0.6 is 0 Å². The number of carbonyl (C=O) groups excluding carboxylic acids is 2. The smallest absolute Gasteiger partial charge is 0.254 e. The van der Waals surface area contributed by atoms with Gasteiger partial charge in [-0.05, 0) is 23.8 Å². The van der Waals surface area contributed by atoms with E-state index in [1.165, 1.54) is 19.8 Å². The normalized spacial score (nSPS) is 15.8. The van der Waals surface area contributed by atoms with Gasteiger partial charge in [-0.1, -0.05) is 24.3 Å². The summed E-state index contributed by atoms with van der Waals surface area (Å²) in [5.41, 5.74) is 2.60. The number of methoxy groups -OCH3 is 1. The van der Waals surface area contributed by atoms with Crippen molar-refractivity contribution in [2.24, 2.45) is 0 Å². The number of carbonyl (C=O) groups is 2. The van der Waals surface area contributed by atoms with Gasteiger partial charge in [-0.25, -0.2) is 15.0 Å². The molecule has 140 valence electrons. The van der Waals surface area contributed by atoms with Gasteiger partial charge in [0.25, 0.3) is 5.91 Å². The van der Waals surface area contributed by atoms with E-state index in [4.69, 9.17) is 4.74 Å². The largest absolute Gasteiger partial charge is 0.497 e. The Morgan fingerprint density at radius 1 is 1.04 bits per heavy atom. The molecule has 1 aliphatic heterocycles. The predicted molar refractivity (Wildman–Crippen MR) is 102 cm³/mol. The molecule has 3 aromatic rings. The first-order valence-electron chi connectivity index (χ1n) is 8.65. The molecule has 1 unspecified atom stereocenters. The fourth-order valence-electron chi connectivity index (χ4n) is 3.03.